The van der Waals surface area contributed by atoms with Gasteiger partial charge in [-0.05, 0) is 42.7 Å². The third-order valence-electron chi connectivity index (χ3n) is 4.61. The van der Waals surface area contributed by atoms with E-state index in [4.69, 9.17) is 0 Å². The second-order valence-corrected chi connectivity index (χ2v) is 7.35. The minimum Gasteiger partial charge on any atom is -0.351 e. The average Bonchev–Trinajstić information content (AvgIpc) is 3.07. The highest BCUT2D eigenvalue weighted by Crippen LogP contribution is 2.26. The van der Waals surface area contributed by atoms with E-state index in [1.165, 1.54) is 6.07 Å². The lowest BCUT2D eigenvalue weighted by molar-refractivity contribution is 0.0920. The van der Waals surface area contributed by atoms with E-state index in [0.717, 1.165) is 13.1 Å². The van der Waals surface area contributed by atoms with Crippen molar-refractivity contribution in [3.63, 3.8) is 0 Å². The molecule has 27 heavy (non-hydrogen) atoms. The Labute approximate surface area is 157 Å². The van der Waals surface area contributed by atoms with Gasteiger partial charge in [-0.25, -0.2) is 4.39 Å². The summed E-state index contributed by atoms with van der Waals surface area (Å²) in [5, 5.41) is 8.78. The second-order valence-electron chi connectivity index (χ2n) is 7.35. The van der Waals surface area contributed by atoms with E-state index in [1.807, 2.05) is 13.8 Å². The molecule has 0 radical (unpaired) electrons. The van der Waals surface area contributed by atoms with E-state index < -0.39 is 5.82 Å². The Morgan fingerprint density at radius 3 is 2.59 bits per heavy atom. The van der Waals surface area contributed by atoms with Crippen molar-refractivity contribution in [3.8, 4) is 11.3 Å². The summed E-state index contributed by atoms with van der Waals surface area (Å²) in [6, 6.07) is 6.37. The molecule has 2 amide bonds. The van der Waals surface area contributed by atoms with Gasteiger partial charge >= 0.3 is 0 Å². The van der Waals surface area contributed by atoms with Gasteiger partial charge in [-0.15, -0.1) is 0 Å². The van der Waals surface area contributed by atoms with E-state index in [-0.39, 0.29) is 23.4 Å². The normalized spacial score (nSPS) is 14.1. The number of hydrogen-bond acceptors (Lipinski definition) is 3. The zero-order valence-corrected chi connectivity index (χ0v) is 15.8. The number of rotatable bonds is 6. The number of benzene rings is 1. The number of nitrogens with one attached hydrogen (secondary N) is 4. The van der Waals surface area contributed by atoms with Crippen LogP contribution in [0.1, 0.15) is 40.3 Å². The lowest BCUT2D eigenvalue weighted by Crippen LogP contribution is -2.56. The summed E-state index contributed by atoms with van der Waals surface area (Å²) in [7, 11) is 0. The first-order chi connectivity index (χ1) is 12.8. The Hall–Kier alpha value is -2.67. The zero-order valence-electron chi connectivity index (χ0n) is 15.8. The molecule has 1 aliphatic rings. The minimum atomic E-state index is -0.454. The molecule has 1 aliphatic heterocycles. The molecule has 0 bridgehead atoms. The molecule has 0 spiro atoms. The maximum absolute atomic E-state index is 14.4. The van der Waals surface area contributed by atoms with E-state index >= 15 is 0 Å². The number of H-pyrrole nitrogens is 1. The van der Waals surface area contributed by atoms with Crippen molar-refractivity contribution in [1.82, 2.24) is 20.9 Å². The highest BCUT2D eigenvalue weighted by Gasteiger charge is 2.21. The van der Waals surface area contributed by atoms with Crippen LogP contribution in [0, 0.1) is 18.7 Å². The van der Waals surface area contributed by atoms with Gasteiger partial charge in [-0.1, -0.05) is 13.8 Å². The first-order valence-corrected chi connectivity index (χ1v) is 9.14. The van der Waals surface area contributed by atoms with Gasteiger partial charge in [-0.2, -0.15) is 0 Å². The molecule has 1 fully saturated rings. The SMILES string of the molecule is Cc1c(F)cc(C(=O)NC2CNC2)cc1-c1ccc(C(=O)NCC(C)C)[nH]1. The standard InChI is InChI=1S/C20H25FN4O2/c1-11(2)8-23-20(27)18-5-4-17(25-18)15-6-13(7-16(21)12(15)3)19(26)24-14-9-22-10-14/h4-7,11,14,22,25H,8-10H2,1-3H3,(H,23,27)(H,24,26). The maximum Gasteiger partial charge on any atom is 0.267 e. The monoisotopic (exact) mass is 372 g/mol. The average molecular weight is 372 g/mol. The van der Waals surface area contributed by atoms with Crippen molar-refractivity contribution in [2.75, 3.05) is 19.6 Å². The Balaban J connectivity index is 1.83. The van der Waals surface area contributed by atoms with Crippen LogP contribution in [-0.2, 0) is 0 Å². The maximum atomic E-state index is 14.4. The highest BCUT2D eigenvalue weighted by molar-refractivity contribution is 5.96. The summed E-state index contributed by atoms with van der Waals surface area (Å²) in [6.45, 7) is 7.70. The largest absolute Gasteiger partial charge is 0.351 e. The van der Waals surface area contributed by atoms with E-state index in [0.29, 0.717) is 35.0 Å². The summed E-state index contributed by atoms with van der Waals surface area (Å²) < 4.78 is 14.4. The van der Waals surface area contributed by atoms with Gasteiger partial charge in [0.05, 0.1) is 6.04 Å². The molecule has 3 rings (SSSR count). The molecule has 0 saturated carbocycles. The molecule has 1 aromatic heterocycles. The molecule has 1 aromatic carbocycles. The molecule has 0 aliphatic carbocycles. The number of carbonyl (C=O) groups is 2. The molecular weight excluding hydrogens is 347 g/mol. The van der Waals surface area contributed by atoms with Crippen LogP contribution in [0.4, 0.5) is 4.39 Å². The summed E-state index contributed by atoms with van der Waals surface area (Å²) in [4.78, 5) is 27.6. The minimum absolute atomic E-state index is 0.0760. The van der Waals surface area contributed by atoms with Crippen LogP contribution in [0.15, 0.2) is 24.3 Å². The van der Waals surface area contributed by atoms with Gasteiger partial charge < -0.3 is 20.9 Å². The number of carbonyl (C=O) groups excluding carboxylic acids is 2. The van der Waals surface area contributed by atoms with Crippen LogP contribution in [-0.4, -0.2) is 42.5 Å². The van der Waals surface area contributed by atoms with Crippen molar-refractivity contribution < 1.29 is 14.0 Å². The van der Waals surface area contributed by atoms with Gasteiger partial charge in [-0.3, -0.25) is 9.59 Å². The quantitative estimate of drug-likeness (QED) is 0.627. The third-order valence-corrected chi connectivity index (χ3v) is 4.61. The van der Waals surface area contributed by atoms with E-state index in [1.54, 1.807) is 25.1 Å². The first-order valence-electron chi connectivity index (χ1n) is 9.14. The fourth-order valence-corrected chi connectivity index (χ4v) is 2.83. The van der Waals surface area contributed by atoms with Crippen molar-refractivity contribution >= 4 is 11.8 Å². The van der Waals surface area contributed by atoms with E-state index in [2.05, 4.69) is 20.9 Å². The molecule has 6 nitrogen and oxygen atoms in total. The summed E-state index contributed by atoms with van der Waals surface area (Å²) in [5.41, 5.74) is 2.25. The molecule has 1 saturated heterocycles. The molecular formula is C20H25FN4O2. The van der Waals surface area contributed by atoms with Crippen LogP contribution in [0.3, 0.4) is 0 Å². The molecule has 2 aromatic rings. The summed E-state index contributed by atoms with van der Waals surface area (Å²) in [6.07, 6.45) is 0. The number of aromatic nitrogens is 1. The Morgan fingerprint density at radius 1 is 1.22 bits per heavy atom. The number of amides is 2. The van der Waals surface area contributed by atoms with Crippen LogP contribution in [0.5, 0.6) is 0 Å². The lowest BCUT2D eigenvalue weighted by Gasteiger charge is -2.28. The predicted octanol–water partition coefficient (Wildman–Crippen LogP) is 2.22. The van der Waals surface area contributed by atoms with Gasteiger partial charge in [0.15, 0.2) is 0 Å². The number of aromatic amines is 1. The number of halogens is 1. The lowest BCUT2D eigenvalue weighted by atomic mass is 10.0. The van der Waals surface area contributed by atoms with Gasteiger partial charge in [0.2, 0.25) is 0 Å². The fourth-order valence-electron chi connectivity index (χ4n) is 2.83. The van der Waals surface area contributed by atoms with Crippen LogP contribution in [0.25, 0.3) is 11.3 Å². The zero-order chi connectivity index (χ0) is 19.6. The highest BCUT2D eigenvalue weighted by atomic mass is 19.1. The topological polar surface area (TPSA) is 86.0 Å². The Kier molecular flexibility index (Phi) is 5.60. The van der Waals surface area contributed by atoms with Crippen molar-refractivity contribution in [3.05, 3.63) is 46.9 Å². The van der Waals surface area contributed by atoms with Crippen molar-refractivity contribution in [2.24, 2.45) is 5.92 Å². The van der Waals surface area contributed by atoms with Crippen molar-refractivity contribution in [2.45, 2.75) is 26.8 Å². The third kappa shape index (κ3) is 4.36. The summed E-state index contributed by atoms with van der Waals surface area (Å²) in [5.74, 6) is -0.617. The molecule has 0 unspecified atom stereocenters. The molecule has 2 heterocycles. The Morgan fingerprint density at radius 2 is 1.96 bits per heavy atom. The smallest absolute Gasteiger partial charge is 0.267 e. The van der Waals surface area contributed by atoms with Crippen LogP contribution < -0.4 is 16.0 Å². The first kappa shape index (κ1) is 19.1. The van der Waals surface area contributed by atoms with Gasteiger partial charge in [0.25, 0.3) is 11.8 Å². The molecule has 0 atom stereocenters. The number of hydrogen-bond donors (Lipinski definition) is 4. The fraction of sp³-hybridized carbons (Fsp3) is 0.400. The van der Waals surface area contributed by atoms with E-state index in [9.17, 15) is 14.0 Å². The van der Waals surface area contributed by atoms with Crippen LogP contribution >= 0.6 is 0 Å². The van der Waals surface area contributed by atoms with Gasteiger partial charge in [0, 0.05) is 36.5 Å². The molecule has 7 heteroatoms. The van der Waals surface area contributed by atoms with Gasteiger partial charge in [0.1, 0.15) is 11.5 Å². The Bertz CT molecular complexity index is 856. The second kappa shape index (κ2) is 7.92. The summed E-state index contributed by atoms with van der Waals surface area (Å²) >= 11 is 0. The molecule has 4 N–H and O–H groups in total. The van der Waals surface area contributed by atoms with Crippen LogP contribution in [0.2, 0.25) is 0 Å². The molecule has 144 valence electrons. The van der Waals surface area contributed by atoms with Crippen molar-refractivity contribution in [1.29, 1.82) is 0 Å². The predicted molar refractivity (Wildman–Crippen MR) is 102 cm³/mol.